The van der Waals surface area contributed by atoms with Gasteiger partial charge in [-0.15, -0.1) is 0 Å². The van der Waals surface area contributed by atoms with Crippen LogP contribution < -0.4 is 5.32 Å². The SMILES string of the molecule is CCNc1nccc(C(=O)N(C)C2CCCCC2)c1F. The maximum atomic E-state index is 14.3. The summed E-state index contributed by atoms with van der Waals surface area (Å²) in [6.45, 7) is 2.43. The Kier molecular flexibility index (Phi) is 4.93. The minimum absolute atomic E-state index is 0.101. The molecule has 0 saturated heterocycles. The average Bonchev–Trinajstić information content (AvgIpc) is 2.49. The van der Waals surface area contributed by atoms with E-state index < -0.39 is 5.82 Å². The summed E-state index contributed by atoms with van der Waals surface area (Å²) < 4.78 is 14.3. The van der Waals surface area contributed by atoms with Crippen LogP contribution in [-0.4, -0.2) is 35.4 Å². The van der Waals surface area contributed by atoms with Crippen LogP contribution in [0.1, 0.15) is 49.4 Å². The Labute approximate surface area is 119 Å². The molecule has 0 atom stereocenters. The molecule has 0 bridgehead atoms. The maximum Gasteiger partial charge on any atom is 0.257 e. The molecule has 1 saturated carbocycles. The molecule has 1 aliphatic rings. The van der Waals surface area contributed by atoms with Crippen LogP contribution in [0.5, 0.6) is 0 Å². The van der Waals surface area contributed by atoms with Gasteiger partial charge < -0.3 is 10.2 Å². The lowest BCUT2D eigenvalue weighted by Gasteiger charge is -2.31. The van der Waals surface area contributed by atoms with Gasteiger partial charge >= 0.3 is 0 Å². The van der Waals surface area contributed by atoms with Crippen molar-refractivity contribution in [1.82, 2.24) is 9.88 Å². The molecule has 1 fully saturated rings. The van der Waals surface area contributed by atoms with E-state index in [-0.39, 0.29) is 23.3 Å². The molecule has 1 aliphatic carbocycles. The fraction of sp³-hybridized carbons (Fsp3) is 0.600. The number of hydrogen-bond acceptors (Lipinski definition) is 3. The van der Waals surface area contributed by atoms with Crippen LogP contribution in [0.15, 0.2) is 12.3 Å². The van der Waals surface area contributed by atoms with Gasteiger partial charge in [-0.1, -0.05) is 19.3 Å². The van der Waals surface area contributed by atoms with Crippen LogP contribution in [-0.2, 0) is 0 Å². The van der Waals surface area contributed by atoms with Crippen molar-refractivity contribution in [3.8, 4) is 0 Å². The van der Waals surface area contributed by atoms with Gasteiger partial charge in [0.05, 0.1) is 5.56 Å². The van der Waals surface area contributed by atoms with E-state index in [0.29, 0.717) is 6.54 Å². The normalized spacial score (nSPS) is 15.9. The summed E-state index contributed by atoms with van der Waals surface area (Å²) in [5.41, 5.74) is 0.101. The summed E-state index contributed by atoms with van der Waals surface area (Å²) >= 11 is 0. The lowest BCUT2D eigenvalue weighted by atomic mass is 9.94. The molecule has 1 aromatic heterocycles. The number of carbonyl (C=O) groups is 1. The van der Waals surface area contributed by atoms with Crippen molar-refractivity contribution in [2.24, 2.45) is 0 Å². The highest BCUT2D eigenvalue weighted by Gasteiger charge is 2.25. The molecule has 1 aromatic rings. The lowest BCUT2D eigenvalue weighted by molar-refractivity contribution is 0.0691. The van der Waals surface area contributed by atoms with Gasteiger partial charge in [0.15, 0.2) is 11.6 Å². The second-order valence-corrected chi connectivity index (χ2v) is 5.26. The number of hydrogen-bond donors (Lipinski definition) is 1. The van der Waals surface area contributed by atoms with Crippen LogP contribution in [0.3, 0.4) is 0 Å². The van der Waals surface area contributed by atoms with Gasteiger partial charge in [0.1, 0.15) is 0 Å². The molecular weight excluding hydrogens is 257 g/mol. The standard InChI is InChI=1S/C15H22FN3O/c1-3-17-14-13(16)12(9-10-18-14)15(20)19(2)11-7-5-4-6-8-11/h9-11H,3-8H2,1-2H3,(H,17,18). The Morgan fingerprint density at radius 2 is 2.15 bits per heavy atom. The van der Waals surface area contributed by atoms with E-state index in [4.69, 9.17) is 0 Å². The zero-order valence-corrected chi connectivity index (χ0v) is 12.2. The Hall–Kier alpha value is -1.65. The van der Waals surface area contributed by atoms with Gasteiger partial charge in [-0.05, 0) is 25.8 Å². The summed E-state index contributed by atoms with van der Waals surface area (Å²) in [6, 6.07) is 1.68. The monoisotopic (exact) mass is 279 g/mol. The number of halogens is 1. The van der Waals surface area contributed by atoms with Gasteiger partial charge in [-0.2, -0.15) is 0 Å². The number of amides is 1. The van der Waals surface area contributed by atoms with Gasteiger partial charge in [0, 0.05) is 25.8 Å². The number of rotatable bonds is 4. The predicted octanol–water partition coefficient (Wildman–Crippen LogP) is 3.06. The van der Waals surface area contributed by atoms with Crippen molar-refractivity contribution in [3.05, 3.63) is 23.6 Å². The molecule has 20 heavy (non-hydrogen) atoms. The van der Waals surface area contributed by atoms with E-state index in [2.05, 4.69) is 10.3 Å². The molecule has 1 amide bonds. The van der Waals surface area contributed by atoms with Crippen molar-refractivity contribution >= 4 is 11.7 Å². The predicted molar refractivity (Wildman–Crippen MR) is 77.3 cm³/mol. The molecule has 110 valence electrons. The molecular formula is C15H22FN3O. The third-order valence-electron chi connectivity index (χ3n) is 3.91. The average molecular weight is 279 g/mol. The molecule has 1 heterocycles. The zero-order valence-electron chi connectivity index (χ0n) is 12.2. The Balaban J connectivity index is 2.17. The molecule has 0 aliphatic heterocycles. The lowest BCUT2D eigenvalue weighted by Crippen LogP contribution is -2.38. The summed E-state index contributed by atoms with van der Waals surface area (Å²) in [7, 11) is 1.77. The summed E-state index contributed by atoms with van der Waals surface area (Å²) in [5.74, 6) is -0.659. The highest BCUT2D eigenvalue weighted by atomic mass is 19.1. The second kappa shape index (κ2) is 6.68. The van der Waals surface area contributed by atoms with Crippen LogP contribution >= 0.6 is 0 Å². The first-order chi connectivity index (χ1) is 9.65. The Bertz CT molecular complexity index is 472. The van der Waals surface area contributed by atoms with Crippen molar-refractivity contribution in [1.29, 1.82) is 0 Å². The minimum Gasteiger partial charge on any atom is -0.368 e. The largest absolute Gasteiger partial charge is 0.368 e. The van der Waals surface area contributed by atoms with E-state index in [1.807, 2.05) is 6.92 Å². The maximum absolute atomic E-state index is 14.3. The van der Waals surface area contributed by atoms with E-state index >= 15 is 0 Å². The van der Waals surface area contributed by atoms with E-state index in [1.54, 1.807) is 11.9 Å². The van der Waals surface area contributed by atoms with Crippen molar-refractivity contribution < 1.29 is 9.18 Å². The first-order valence-corrected chi connectivity index (χ1v) is 7.30. The van der Waals surface area contributed by atoms with Gasteiger partial charge in [0.25, 0.3) is 5.91 Å². The molecule has 2 rings (SSSR count). The number of aromatic nitrogens is 1. The summed E-state index contributed by atoms with van der Waals surface area (Å²) in [6.07, 6.45) is 7.01. The van der Waals surface area contributed by atoms with Crippen molar-refractivity contribution in [3.63, 3.8) is 0 Å². The van der Waals surface area contributed by atoms with E-state index in [0.717, 1.165) is 25.7 Å². The number of anilines is 1. The van der Waals surface area contributed by atoms with Crippen molar-refractivity contribution in [2.75, 3.05) is 18.9 Å². The number of carbonyl (C=O) groups excluding carboxylic acids is 1. The number of pyridine rings is 1. The first kappa shape index (κ1) is 14.8. The molecule has 0 aromatic carbocycles. The molecule has 5 heteroatoms. The fourth-order valence-electron chi connectivity index (χ4n) is 2.72. The third kappa shape index (κ3) is 3.08. The Morgan fingerprint density at radius 1 is 1.45 bits per heavy atom. The second-order valence-electron chi connectivity index (χ2n) is 5.26. The van der Waals surface area contributed by atoms with Gasteiger partial charge in [-0.25, -0.2) is 9.37 Å². The molecule has 1 N–H and O–H groups in total. The number of nitrogens with zero attached hydrogens (tertiary/aromatic N) is 2. The van der Waals surface area contributed by atoms with E-state index in [1.165, 1.54) is 18.7 Å². The zero-order chi connectivity index (χ0) is 14.5. The smallest absolute Gasteiger partial charge is 0.257 e. The Morgan fingerprint density at radius 3 is 2.80 bits per heavy atom. The molecule has 0 unspecified atom stereocenters. The quantitative estimate of drug-likeness (QED) is 0.921. The fourth-order valence-corrected chi connectivity index (χ4v) is 2.72. The summed E-state index contributed by atoms with van der Waals surface area (Å²) in [4.78, 5) is 18.1. The molecule has 0 spiro atoms. The van der Waals surface area contributed by atoms with Crippen LogP contribution in [0.2, 0.25) is 0 Å². The van der Waals surface area contributed by atoms with Gasteiger partial charge in [-0.3, -0.25) is 4.79 Å². The first-order valence-electron chi connectivity index (χ1n) is 7.30. The minimum atomic E-state index is -0.554. The summed E-state index contributed by atoms with van der Waals surface area (Å²) in [5, 5.41) is 2.83. The van der Waals surface area contributed by atoms with Crippen LogP contribution in [0.4, 0.5) is 10.2 Å². The molecule has 4 nitrogen and oxygen atoms in total. The van der Waals surface area contributed by atoms with Crippen LogP contribution in [0, 0.1) is 5.82 Å². The van der Waals surface area contributed by atoms with E-state index in [9.17, 15) is 9.18 Å². The highest BCUT2D eigenvalue weighted by Crippen LogP contribution is 2.24. The van der Waals surface area contributed by atoms with Crippen molar-refractivity contribution in [2.45, 2.75) is 45.1 Å². The third-order valence-corrected chi connectivity index (χ3v) is 3.91. The van der Waals surface area contributed by atoms with Gasteiger partial charge in [0.2, 0.25) is 0 Å². The topological polar surface area (TPSA) is 45.2 Å². The molecule has 0 radical (unpaired) electrons. The number of nitrogens with one attached hydrogen (secondary N) is 1. The highest BCUT2D eigenvalue weighted by molar-refractivity contribution is 5.95. The van der Waals surface area contributed by atoms with Crippen LogP contribution in [0.25, 0.3) is 0 Å².